The van der Waals surface area contributed by atoms with Gasteiger partial charge in [-0.3, -0.25) is 0 Å². The van der Waals surface area contributed by atoms with Gasteiger partial charge in [-0.05, 0) is 18.4 Å². The van der Waals surface area contributed by atoms with E-state index in [1.807, 2.05) is 48.5 Å². The Labute approximate surface area is 155 Å². The number of benzene rings is 2. The lowest BCUT2D eigenvalue weighted by Crippen LogP contribution is -2.08. The lowest BCUT2D eigenvalue weighted by molar-refractivity contribution is 0.858. The maximum atomic E-state index is 4.67. The average molecular weight is 344 g/mol. The summed E-state index contributed by atoms with van der Waals surface area (Å²) in [7, 11) is 0. The van der Waals surface area contributed by atoms with Crippen molar-refractivity contribution in [1.29, 1.82) is 0 Å². The van der Waals surface area contributed by atoms with E-state index in [1.54, 1.807) is 0 Å². The molecule has 3 aromatic rings. The molecule has 0 atom stereocenters. The van der Waals surface area contributed by atoms with Crippen LogP contribution in [0.4, 0.5) is 11.6 Å². The van der Waals surface area contributed by atoms with Crippen LogP contribution in [0.15, 0.2) is 79.4 Å². The summed E-state index contributed by atoms with van der Waals surface area (Å²) < 4.78 is 0. The van der Waals surface area contributed by atoms with E-state index in [9.17, 15) is 0 Å². The average Bonchev–Trinajstić information content (AvgIpc) is 2.71. The fourth-order valence-corrected chi connectivity index (χ4v) is 2.68. The SMILES string of the molecule is C=CCNc1cc(NCCCc2ccccc2)nc(-c2ccccc2)n1. The first-order chi connectivity index (χ1) is 12.8. The molecule has 2 N–H and O–H groups in total. The van der Waals surface area contributed by atoms with Crippen LogP contribution < -0.4 is 10.6 Å². The van der Waals surface area contributed by atoms with Crippen LogP contribution in [0.1, 0.15) is 12.0 Å². The summed E-state index contributed by atoms with van der Waals surface area (Å²) >= 11 is 0. The number of aromatic nitrogens is 2. The summed E-state index contributed by atoms with van der Waals surface area (Å²) in [5.41, 5.74) is 2.36. The second kappa shape index (κ2) is 9.37. The minimum Gasteiger partial charge on any atom is -0.370 e. The van der Waals surface area contributed by atoms with Crippen LogP contribution in [0.5, 0.6) is 0 Å². The van der Waals surface area contributed by atoms with Crippen molar-refractivity contribution < 1.29 is 0 Å². The molecule has 1 heterocycles. The minimum absolute atomic E-state index is 0.665. The molecule has 0 fully saturated rings. The molecule has 0 radical (unpaired) electrons. The zero-order valence-electron chi connectivity index (χ0n) is 14.9. The Kier molecular flexibility index (Phi) is 6.37. The molecule has 0 aliphatic rings. The Morgan fingerprint density at radius 3 is 2.19 bits per heavy atom. The second-order valence-electron chi connectivity index (χ2n) is 6.01. The summed E-state index contributed by atoms with van der Waals surface area (Å²) in [6.07, 6.45) is 3.91. The molecule has 0 amide bonds. The summed E-state index contributed by atoms with van der Waals surface area (Å²) in [6, 6.07) is 22.5. The Bertz CT molecular complexity index is 816. The number of aryl methyl sites for hydroxylation is 1. The van der Waals surface area contributed by atoms with Crippen molar-refractivity contribution in [3.05, 3.63) is 84.9 Å². The highest BCUT2D eigenvalue weighted by Gasteiger charge is 2.06. The molecule has 2 aromatic carbocycles. The van der Waals surface area contributed by atoms with Gasteiger partial charge < -0.3 is 10.6 Å². The Morgan fingerprint density at radius 1 is 0.846 bits per heavy atom. The predicted octanol–water partition coefficient (Wildman–Crippen LogP) is 4.79. The first-order valence-electron chi connectivity index (χ1n) is 8.92. The molecule has 4 heteroatoms. The molecule has 0 bridgehead atoms. The smallest absolute Gasteiger partial charge is 0.163 e. The van der Waals surface area contributed by atoms with Gasteiger partial charge in [-0.1, -0.05) is 66.7 Å². The molecule has 3 rings (SSSR count). The molecule has 0 unspecified atom stereocenters. The molecule has 0 saturated heterocycles. The van der Waals surface area contributed by atoms with Crippen molar-refractivity contribution in [1.82, 2.24) is 9.97 Å². The van der Waals surface area contributed by atoms with E-state index in [4.69, 9.17) is 0 Å². The second-order valence-corrected chi connectivity index (χ2v) is 6.01. The van der Waals surface area contributed by atoms with E-state index >= 15 is 0 Å². The lowest BCUT2D eigenvalue weighted by Gasteiger charge is -2.11. The van der Waals surface area contributed by atoms with Crippen LogP contribution in [-0.2, 0) is 6.42 Å². The van der Waals surface area contributed by atoms with Crippen molar-refractivity contribution in [2.24, 2.45) is 0 Å². The molecule has 132 valence electrons. The van der Waals surface area contributed by atoms with E-state index in [0.717, 1.165) is 36.6 Å². The number of rotatable bonds is 9. The number of anilines is 2. The maximum Gasteiger partial charge on any atom is 0.163 e. The number of nitrogens with zero attached hydrogens (tertiary/aromatic N) is 2. The molecule has 0 aliphatic carbocycles. The summed E-state index contributed by atoms with van der Waals surface area (Å²) in [4.78, 5) is 9.28. The van der Waals surface area contributed by atoms with E-state index < -0.39 is 0 Å². The van der Waals surface area contributed by atoms with Crippen molar-refractivity contribution in [3.63, 3.8) is 0 Å². The molecule has 4 nitrogen and oxygen atoms in total. The van der Waals surface area contributed by atoms with Crippen LogP contribution in [-0.4, -0.2) is 23.1 Å². The number of hydrogen-bond acceptors (Lipinski definition) is 4. The van der Waals surface area contributed by atoms with Crippen molar-refractivity contribution >= 4 is 11.6 Å². The molecule has 0 spiro atoms. The normalized spacial score (nSPS) is 10.3. The van der Waals surface area contributed by atoms with Gasteiger partial charge in [-0.15, -0.1) is 6.58 Å². The third kappa shape index (κ3) is 5.18. The number of hydrogen-bond donors (Lipinski definition) is 2. The molecule has 1 aromatic heterocycles. The number of nitrogens with one attached hydrogen (secondary N) is 2. The van der Waals surface area contributed by atoms with Gasteiger partial charge in [0.05, 0.1) is 0 Å². The highest BCUT2D eigenvalue weighted by atomic mass is 15.1. The Morgan fingerprint density at radius 2 is 1.50 bits per heavy atom. The van der Waals surface area contributed by atoms with Gasteiger partial charge >= 0.3 is 0 Å². The standard InChI is InChI=1S/C22H24N4/c1-2-15-23-20-17-21(24-16-9-12-18-10-5-3-6-11-18)26-22(25-20)19-13-7-4-8-14-19/h2-8,10-11,13-14,17H,1,9,12,15-16H2,(H2,23,24,25,26). The van der Waals surface area contributed by atoms with E-state index in [0.29, 0.717) is 12.4 Å². The van der Waals surface area contributed by atoms with Crippen LogP contribution in [0.2, 0.25) is 0 Å². The highest BCUT2D eigenvalue weighted by molar-refractivity contribution is 5.61. The molecule has 26 heavy (non-hydrogen) atoms. The van der Waals surface area contributed by atoms with Gasteiger partial charge in [0, 0.05) is 24.7 Å². The molecule has 0 aliphatic heterocycles. The molecule has 0 saturated carbocycles. The van der Waals surface area contributed by atoms with Crippen molar-refractivity contribution in [2.45, 2.75) is 12.8 Å². The van der Waals surface area contributed by atoms with Gasteiger partial charge in [0.2, 0.25) is 0 Å². The van der Waals surface area contributed by atoms with Gasteiger partial charge in [-0.2, -0.15) is 0 Å². The summed E-state index contributed by atoms with van der Waals surface area (Å²) in [5, 5.41) is 6.68. The topological polar surface area (TPSA) is 49.8 Å². The van der Waals surface area contributed by atoms with Gasteiger partial charge in [0.15, 0.2) is 5.82 Å². The van der Waals surface area contributed by atoms with E-state index in [1.165, 1.54) is 5.56 Å². The maximum absolute atomic E-state index is 4.67. The first kappa shape index (κ1) is 17.7. The fraction of sp³-hybridized carbons (Fsp3) is 0.182. The third-order valence-electron chi connectivity index (χ3n) is 3.98. The quantitative estimate of drug-likeness (QED) is 0.433. The molecular formula is C22H24N4. The molecular weight excluding hydrogens is 320 g/mol. The van der Waals surface area contributed by atoms with Crippen LogP contribution >= 0.6 is 0 Å². The zero-order valence-corrected chi connectivity index (χ0v) is 14.9. The Balaban J connectivity index is 1.67. The van der Waals surface area contributed by atoms with Crippen LogP contribution in [0.25, 0.3) is 11.4 Å². The van der Waals surface area contributed by atoms with Gasteiger partial charge in [-0.25, -0.2) is 9.97 Å². The van der Waals surface area contributed by atoms with Crippen LogP contribution in [0.3, 0.4) is 0 Å². The summed E-state index contributed by atoms with van der Waals surface area (Å²) in [6.45, 7) is 5.27. The van der Waals surface area contributed by atoms with Crippen molar-refractivity contribution in [2.75, 3.05) is 23.7 Å². The Hall–Kier alpha value is -3.14. The summed E-state index contributed by atoms with van der Waals surface area (Å²) in [5.74, 6) is 2.34. The van der Waals surface area contributed by atoms with E-state index in [2.05, 4.69) is 51.4 Å². The largest absolute Gasteiger partial charge is 0.370 e. The fourth-order valence-electron chi connectivity index (χ4n) is 2.68. The van der Waals surface area contributed by atoms with E-state index in [-0.39, 0.29) is 0 Å². The first-order valence-corrected chi connectivity index (χ1v) is 8.92. The van der Waals surface area contributed by atoms with Gasteiger partial charge in [0.25, 0.3) is 0 Å². The lowest BCUT2D eigenvalue weighted by atomic mass is 10.1. The highest BCUT2D eigenvalue weighted by Crippen LogP contribution is 2.20. The van der Waals surface area contributed by atoms with Crippen LogP contribution in [0, 0.1) is 0 Å². The third-order valence-corrected chi connectivity index (χ3v) is 3.98. The zero-order chi connectivity index (χ0) is 18.0. The van der Waals surface area contributed by atoms with Gasteiger partial charge in [0.1, 0.15) is 11.6 Å². The predicted molar refractivity (Wildman–Crippen MR) is 109 cm³/mol. The monoisotopic (exact) mass is 344 g/mol. The minimum atomic E-state index is 0.665. The van der Waals surface area contributed by atoms with Crippen molar-refractivity contribution in [3.8, 4) is 11.4 Å².